The molecule has 0 N–H and O–H groups in total. The van der Waals surface area contributed by atoms with E-state index in [1.54, 1.807) is 13.8 Å². The molecule has 4 bridgehead atoms. The Kier molecular flexibility index (Phi) is 9.76. The van der Waals surface area contributed by atoms with Gasteiger partial charge in [0, 0.05) is 36.5 Å². The van der Waals surface area contributed by atoms with Gasteiger partial charge in [-0.2, -0.15) is 26.3 Å². The molecule has 2 spiro atoms. The summed E-state index contributed by atoms with van der Waals surface area (Å²) in [6, 6.07) is 0. The Hall–Kier alpha value is -0.790. The molecule has 316 valence electrons. The minimum absolute atomic E-state index is 0.0965. The van der Waals surface area contributed by atoms with Crippen molar-refractivity contribution in [2.45, 2.75) is 164 Å². The zero-order valence-electron chi connectivity index (χ0n) is 32.4. The highest BCUT2D eigenvalue weighted by atomic mass is 32.2. The second-order valence-electron chi connectivity index (χ2n) is 18.9. The van der Waals surface area contributed by atoms with Gasteiger partial charge in [-0.25, -0.2) is 28.0 Å². The van der Waals surface area contributed by atoms with Crippen LogP contribution in [0, 0.1) is 47.3 Å². The number of hydrogen-bond acceptors (Lipinski definition) is 10. The molecule has 0 unspecified atom stereocenters. The third-order valence-electron chi connectivity index (χ3n) is 15.8. The second kappa shape index (κ2) is 13.1. The zero-order valence-corrected chi connectivity index (χ0v) is 33.2. The lowest BCUT2D eigenvalue weighted by Gasteiger charge is -2.63. The van der Waals surface area contributed by atoms with Crippen LogP contribution in [0.5, 0.6) is 0 Å². The SMILES string of the molecule is C[C@@H]1CC[C@H]2[C@@H](C)[C@](OCCS(=O)(=O)CCO[C@@]3(C(F)(F)F)O[C@@H]4C[C@@]5(C)CC[C@H]6[C@H](C)CC[C@@H]([C@H]3C)[C@@]46OO5)(C(F)(F)F)O[C@@H]3C[C@@]4(C)CC[C@@H]1[C@]32OO4. The van der Waals surface area contributed by atoms with E-state index in [0.29, 0.717) is 51.4 Å². The fourth-order valence-electron chi connectivity index (χ4n) is 12.8. The molecule has 0 radical (unpaired) electrons. The maximum atomic E-state index is 15.3. The predicted molar refractivity (Wildman–Crippen MR) is 181 cm³/mol. The smallest absolute Gasteiger partial charge is 0.341 e. The highest BCUT2D eigenvalue weighted by Gasteiger charge is 2.78. The maximum absolute atomic E-state index is 15.3. The first-order chi connectivity index (χ1) is 25.5. The van der Waals surface area contributed by atoms with E-state index >= 15 is 26.3 Å². The van der Waals surface area contributed by atoms with Crippen molar-refractivity contribution in [2.75, 3.05) is 24.7 Å². The van der Waals surface area contributed by atoms with Crippen molar-refractivity contribution >= 4 is 9.84 Å². The van der Waals surface area contributed by atoms with Crippen LogP contribution in [0.1, 0.15) is 106 Å². The normalized spacial score (nSPS) is 52.2. The summed E-state index contributed by atoms with van der Waals surface area (Å²) in [7, 11) is -4.29. The van der Waals surface area contributed by atoms with Gasteiger partial charge in [0.2, 0.25) is 0 Å². The Balaban J connectivity index is 0.981. The largest absolute Gasteiger partial charge is 0.443 e. The van der Waals surface area contributed by atoms with Crippen molar-refractivity contribution in [2.24, 2.45) is 47.3 Å². The Morgan fingerprint density at radius 1 is 0.582 bits per heavy atom. The number of alkyl halides is 6. The molecule has 17 heteroatoms. The van der Waals surface area contributed by atoms with Crippen LogP contribution in [0.15, 0.2) is 0 Å². The summed E-state index contributed by atoms with van der Waals surface area (Å²) in [6.07, 6.45) is -7.02. The van der Waals surface area contributed by atoms with Gasteiger partial charge >= 0.3 is 12.4 Å². The molecule has 0 amide bonds. The Labute approximate surface area is 319 Å². The minimum Gasteiger partial charge on any atom is -0.341 e. The Morgan fingerprint density at radius 2 is 0.964 bits per heavy atom. The summed E-state index contributed by atoms with van der Waals surface area (Å²) in [5, 5.41) is 0. The van der Waals surface area contributed by atoms with E-state index < -0.39 is 117 Å². The van der Waals surface area contributed by atoms with Gasteiger partial charge < -0.3 is 18.9 Å². The molecule has 6 saturated heterocycles. The predicted octanol–water partition coefficient (Wildman–Crippen LogP) is 7.63. The second-order valence-corrected chi connectivity index (χ2v) is 21.2. The molecule has 6 heterocycles. The van der Waals surface area contributed by atoms with E-state index in [1.165, 1.54) is 13.8 Å². The topological polar surface area (TPSA) is 108 Å². The fraction of sp³-hybridized carbons (Fsp3) is 1.00. The molecule has 10 aliphatic rings. The molecule has 10 fully saturated rings. The number of rotatable bonds is 8. The van der Waals surface area contributed by atoms with E-state index in [0.717, 1.165) is 0 Å². The summed E-state index contributed by atoms with van der Waals surface area (Å²) in [5.74, 6) is -11.8. The van der Waals surface area contributed by atoms with E-state index in [1.807, 2.05) is 0 Å². The van der Waals surface area contributed by atoms with Crippen molar-refractivity contribution < 1.29 is 73.3 Å². The first-order valence-corrected chi connectivity index (χ1v) is 22.0. The van der Waals surface area contributed by atoms with Gasteiger partial charge in [0.05, 0.1) is 36.9 Å². The first kappa shape index (κ1) is 41.0. The van der Waals surface area contributed by atoms with E-state index in [2.05, 4.69) is 13.8 Å². The maximum Gasteiger partial charge on any atom is 0.443 e. The third-order valence-corrected chi connectivity index (χ3v) is 17.4. The van der Waals surface area contributed by atoms with Crippen molar-refractivity contribution in [1.82, 2.24) is 0 Å². The molecule has 16 atom stereocenters. The third kappa shape index (κ3) is 5.94. The fourth-order valence-corrected chi connectivity index (χ4v) is 13.7. The van der Waals surface area contributed by atoms with Gasteiger partial charge in [-0.1, -0.05) is 27.7 Å². The monoisotopic (exact) mass is 818 g/mol. The minimum atomic E-state index is -5.04. The van der Waals surface area contributed by atoms with Crippen LogP contribution in [0.3, 0.4) is 0 Å². The van der Waals surface area contributed by atoms with Crippen LogP contribution < -0.4 is 0 Å². The zero-order chi connectivity index (χ0) is 39.8. The van der Waals surface area contributed by atoms with Crippen LogP contribution in [0.2, 0.25) is 0 Å². The molecular weight excluding hydrogens is 762 g/mol. The molecule has 55 heavy (non-hydrogen) atoms. The van der Waals surface area contributed by atoms with E-state index in [9.17, 15) is 8.42 Å². The first-order valence-electron chi connectivity index (χ1n) is 20.2. The Morgan fingerprint density at radius 3 is 1.33 bits per heavy atom. The standard InChI is InChI=1S/C38H56F6O10S/c1-21-7-9-27-23(3)35(37(39,40)41,49-29-19-31(5)13-11-25(21)33(27,29)53-51-31)47-15-17-55(45,46)18-16-48-36(38(42,43)44)24(4)28-10-8-22(2)26-12-14-32(6)20-30(50-36)34(26,28)54-52-32/h21-30H,7-20H2,1-6H3/t21-,22-,23-,24-,25+,26+,27+,28+,29-,30-,31-,32-,33-,34-,35-,36-/m1/s1. The highest BCUT2D eigenvalue weighted by molar-refractivity contribution is 7.91. The molecule has 10 nitrogen and oxygen atoms in total. The number of hydrogen-bond donors (Lipinski definition) is 0. The molecule has 6 aliphatic heterocycles. The van der Waals surface area contributed by atoms with Gasteiger partial charge in [0.15, 0.2) is 9.84 Å². The summed E-state index contributed by atoms with van der Waals surface area (Å²) >= 11 is 0. The van der Waals surface area contributed by atoms with Crippen molar-refractivity contribution in [3.8, 4) is 0 Å². The van der Waals surface area contributed by atoms with Gasteiger partial charge in [-0.15, -0.1) is 0 Å². The van der Waals surface area contributed by atoms with Crippen molar-refractivity contribution in [3.63, 3.8) is 0 Å². The highest BCUT2D eigenvalue weighted by Crippen LogP contribution is 2.67. The summed E-state index contributed by atoms with van der Waals surface area (Å²) < 4.78 is 142. The van der Waals surface area contributed by atoms with Gasteiger partial charge in [-0.05, 0) is 88.9 Å². The summed E-state index contributed by atoms with van der Waals surface area (Å²) in [6.45, 7) is 8.74. The van der Waals surface area contributed by atoms with E-state index in [4.69, 9.17) is 38.5 Å². The van der Waals surface area contributed by atoms with Crippen LogP contribution >= 0.6 is 0 Å². The van der Waals surface area contributed by atoms with Gasteiger partial charge in [-0.3, -0.25) is 0 Å². The summed E-state index contributed by atoms with van der Waals surface area (Å²) in [4.78, 5) is 24.0. The molecular formula is C38H56F6O10S. The van der Waals surface area contributed by atoms with Gasteiger partial charge in [0.25, 0.3) is 11.6 Å². The van der Waals surface area contributed by atoms with Crippen LogP contribution in [0.25, 0.3) is 0 Å². The molecule has 4 aliphatic carbocycles. The van der Waals surface area contributed by atoms with Crippen LogP contribution in [0.4, 0.5) is 26.3 Å². The molecule has 0 aromatic heterocycles. The molecule has 10 rings (SSSR count). The van der Waals surface area contributed by atoms with E-state index in [-0.39, 0.29) is 36.5 Å². The number of sulfone groups is 1. The van der Waals surface area contributed by atoms with Crippen LogP contribution in [-0.4, -0.2) is 91.7 Å². The quantitative estimate of drug-likeness (QED) is 0.179. The Bertz CT molecular complexity index is 1490. The molecule has 0 aromatic rings. The lowest BCUT2D eigenvalue weighted by Crippen LogP contribution is -2.75. The average Bonchev–Trinajstić information content (AvgIpc) is 3.45. The van der Waals surface area contributed by atoms with Crippen LogP contribution in [-0.2, 0) is 48.3 Å². The number of halogens is 6. The van der Waals surface area contributed by atoms with Crippen molar-refractivity contribution in [3.05, 3.63) is 0 Å². The molecule has 0 aromatic carbocycles. The lowest BCUT2D eigenvalue weighted by molar-refractivity contribution is -0.529. The number of fused-ring (bicyclic) bond motifs is 4. The lowest BCUT2D eigenvalue weighted by atomic mass is 9.55. The van der Waals surface area contributed by atoms with Crippen molar-refractivity contribution in [1.29, 1.82) is 0 Å². The molecule has 4 saturated carbocycles. The van der Waals surface area contributed by atoms with Gasteiger partial charge in [0.1, 0.15) is 22.4 Å². The average molecular weight is 819 g/mol. The number of ether oxygens (including phenoxy) is 4. The summed E-state index contributed by atoms with van der Waals surface area (Å²) in [5.41, 5.74) is -3.94.